The largest absolute Gasteiger partial charge is 0.310 e. The van der Waals surface area contributed by atoms with Gasteiger partial charge in [-0.1, -0.05) is 30.3 Å². The molecule has 0 aliphatic heterocycles. The zero-order valence-corrected chi connectivity index (χ0v) is 12.3. The van der Waals surface area contributed by atoms with Gasteiger partial charge in [0.05, 0.1) is 11.2 Å². The summed E-state index contributed by atoms with van der Waals surface area (Å²) in [5, 5.41) is 12.9. The molecule has 0 aliphatic carbocycles. The first-order valence-electron chi connectivity index (χ1n) is 7.20. The molecule has 1 N–H and O–H groups in total. The number of rotatable bonds is 5. The first-order valence-corrected chi connectivity index (χ1v) is 7.20. The molecule has 0 amide bonds. The quantitative estimate of drug-likeness (QED) is 0.779. The van der Waals surface area contributed by atoms with Crippen molar-refractivity contribution in [3.8, 4) is 0 Å². The highest BCUT2D eigenvalue weighted by atomic mass is 15.4. The first kappa shape index (κ1) is 13.7. The molecule has 0 radical (unpaired) electrons. The topological polar surface area (TPSA) is 55.6 Å². The van der Waals surface area contributed by atoms with Crippen molar-refractivity contribution in [2.75, 3.05) is 6.54 Å². The Labute approximate surface area is 124 Å². The number of likely N-dealkylation sites (N-methyl/N-ethyl adjacent to an activating group) is 1. The molecular weight excluding hydrogens is 262 g/mol. The number of hydrogen-bond acceptors (Lipinski definition) is 4. The Balaban J connectivity index is 1.98. The number of nitrogens with one attached hydrogen (secondary N) is 1. The van der Waals surface area contributed by atoms with Gasteiger partial charge in [0, 0.05) is 37.3 Å². The van der Waals surface area contributed by atoms with Crippen LogP contribution < -0.4 is 5.32 Å². The molecule has 1 aromatic carbocycles. The fourth-order valence-corrected chi connectivity index (χ4v) is 2.67. The number of aryl methyl sites for hydroxylation is 1. The Hall–Kier alpha value is -2.27. The maximum atomic E-state index is 4.44. The van der Waals surface area contributed by atoms with Gasteiger partial charge in [-0.25, -0.2) is 0 Å². The van der Waals surface area contributed by atoms with Crippen molar-refractivity contribution < 1.29 is 0 Å². The molecule has 0 saturated carbocycles. The van der Waals surface area contributed by atoms with Gasteiger partial charge in [-0.05, 0) is 24.2 Å². The van der Waals surface area contributed by atoms with Crippen molar-refractivity contribution in [3.63, 3.8) is 0 Å². The molecule has 5 nitrogen and oxygen atoms in total. The Morgan fingerprint density at radius 1 is 1.24 bits per heavy atom. The van der Waals surface area contributed by atoms with E-state index in [1.807, 2.05) is 31.6 Å². The van der Waals surface area contributed by atoms with E-state index in [1.165, 1.54) is 10.9 Å². The summed E-state index contributed by atoms with van der Waals surface area (Å²) in [7, 11) is 1.89. The highest BCUT2D eigenvalue weighted by Gasteiger charge is 2.15. The van der Waals surface area contributed by atoms with Gasteiger partial charge in [-0.15, -0.1) is 5.10 Å². The Bertz CT molecular complexity index is 729. The van der Waals surface area contributed by atoms with Crippen LogP contribution in [0, 0.1) is 0 Å². The highest BCUT2D eigenvalue weighted by Crippen LogP contribution is 2.25. The van der Waals surface area contributed by atoms with Crippen LogP contribution >= 0.6 is 0 Å². The lowest BCUT2D eigenvalue weighted by Crippen LogP contribution is -2.23. The molecule has 0 spiro atoms. The summed E-state index contributed by atoms with van der Waals surface area (Å²) in [5.41, 5.74) is 3.27. The fraction of sp³-hybridized carbons (Fsp3) is 0.312. The second-order valence-corrected chi connectivity index (χ2v) is 5.12. The minimum atomic E-state index is 0.208. The van der Waals surface area contributed by atoms with Crippen molar-refractivity contribution in [2.24, 2.45) is 7.05 Å². The summed E-state index contributed by atoms with van der Waals surface area (Å²) < 4.78 is 1.74. The maximum Gasteiger partial charge on any atom is 0.0845 e. The number of pyridine rings is 1. The van der Waals surface area contributed by atoms with Gasteiger partial charge in [0.2, 0.25) is 0 Å². The lowest BCUT2D eigenvalue weighted by atomic mass is 9.97. The molecule has 5 heteroatoms. The van der Waals surface area contributed by atoms with Crippen molar-refractivity contribution in [2.45, 2.75) is 19.4 Å². The lowest BCUT2D eigenvalue weighted by Gasteiger charge is -2.19. The zero-order chi connectivity index (χ0) is 14.7. The van der Waals surface area contributed by atoms with Crippen LogP contribution in [0.5, 0.6) is 0 Å². The van der Waals surface area contributed by atoms with Gasteiger partial charge >= 0.3 is 0 Å². The Morgan fingerprint density at radius 2 is 2.14 bits per heavy atom. The normalized spacial score (nSPS) is 12.7. The highest BCUT2D eigenvalue weighted by molar-refractivity contribution is 5.82. The van der Waals surface area contributed by atoms with E-state index in [-0.39, 0.29) is 6.04 Å². The third-order valence-electron chi connectivity index (χ3n) is 3.57. The molecular formula is C16H19N5. The molecule has 2 aromatic heterocycles. The summed E-state index contributed by atoms with van der Waals surface area (Å²) in [6.07, 6.45) is 4.61. The third kappa shape index (κ3) is 2.92. The predicted octanol–water partition coefficient (Wildman–Crippen LogP) is 2.26. The van der Waals surface area contributed by atoms with E-state index < -0.39 is 0 Å². The van der Waals surface area contributed by atoms with Crippen LogP contribution in [0.15, 0.2) is 42.7 Å². The van der Waals surface area contributed by atoms with Gasteiger partial charge in [-0.3, -0.25) is 9.67 Å². The zero-order valence-electron chi connectivity index (χ0n) is 12.3. The number of nitrogens with zero attached hydrogens (tertiary/aromatic N) is 4. The summed E-state index contributed by atoms with van der Waals surface area (Å²) in [6.45, 7) is 3.02. The average molecular weight is 281 g/mol. The van der Waals surface area contributed by atoms with Crippen molar-refractivity contribution in [1.82, 2.24) is 25.3 Å². The summed E-state index contributed by atoms with van der Waals surface area (Å²) in [4.78, 5) is 4.44. The smallest absolute Gasteiger partial charge is 0.0845 e. The van der Waals surface area contributed by atoms with Crippen molar-refractivity contribution in [1.29, 1.82) is 0 Å². The molecule has 1 atom stereocenters. The van der Waals surface area contributed by atoms with E-state index in [9.17, 15) is 0 Å². The molecule has 0 bridgehead atoms. The number of aromatic nitrogens is 4. The molecule has 0 aliphatic rings. The molecule has 21 heavy (non-hydrogen) atoms. The van der Waals surface area contributed by atoms with Gasteiger partial charge < -0.3 is 5.32 Å². The van der Waals surface area contributed by atoms with Gasteiger partial charge in [0.15, 0.2) is 0 Å². The van der Waals surface area contributed by atoms with Crippen LogP contribution in [0.3, 0.4) is 0 Å². The van der Waals surface area contributed by atoms with E-state index in [4.69, 9.17) is 0 Å². The van der Waals surface area contributed by atoms with E-state index in [0.29, 0.717) is 0 Å². The Morgan fingerprint density at radius 3 is 2.90 bits per heavy atom. The predicted molar refractivity (Wildman–Crippen MR) is 82.9 cm³/mol. The summed E-state index contributed by atoms with van der Waals surface area (Å²) in [5.74, 6) is 0. The molecule has 0 saturated heterocycles. The minimum Gasteiger partial charge on any atom is -0.310 e. The standard InChI is InChI=1S/C16H19N5/c1-3-17-16(10-12-11-21(2)20-19-12)14-6-4-8-15-13(14)7-5-9-18-15/h4-9,11,16-17H,3,10H2,1-2H3. The molecule has 3 aromatic rings. The fourth-order valence-electron chi connectivity index (χ4n) is 2.67. The second kappa shape index (κ2) is 6.01. The van der Waals surface area contributed by atoms with Gasteiger partial charge in [-0.2, -0.15) is 0 Å². The summed E-state index contributed by atoms with van der Waals surface area (Å²) >= 11 is 0. The van der Waals surface area contributed by atoms with E-state index in [2.05, 4.69) is 45.7 Å². The maximum absolute atomic E-state index is 4.44. The minimum absolute atomic E-state index is 0.208. The molecule has 108 valence electrons. The van der Waals surface area contributed by atoms with Crippen LogP contribution in [0.1, 0.15) is 24.2 Å². The van der Waals surface area contributed by atoms with Crippen molar-refractivity contribution >= 4 is 10.9 Å². The van der Waals surface area contributed by atoms with Gasteiger partial charge in [0.1, 0.15) is 0 Å². The SMILES string of the molecule is CCNC(Cc1cn(C)nn1)c1cccc2ncccc12. The summed E-state index contributed by atoms with van der Waals surface area (Å²) in [6, 6.07) is 10.6. The van der Waals surface area contributed by atoms with E-state index in [0.717, 1.165) is 24.2 Å². The molecule has 3 rings (SSSR count). The number of benzene rings is 1. The molecule has 2 heterocycles. The van der Waals surface area contributed by atoms with Crippen LogP contribution in [-0.4, -0.2) is 26.5 Å². The Kier molecular flexibility index (Phi) is 3.92. The van der Waals surface area contributed by atoms with Crippen LogP contribution in [0.25, 0.3) is 10.9 Å². The number of fused-ring (bicyclic) bond motifs is 1. The average Bonchev–Trinajstić information content (AvgIpc) is 2.91. The van der Waals surface area contributed by atoms with E-state index >= 15 is 0 Å². The monoisotopic (exact) mass is 281 g/mol. The second-order valence-electron chi connectivity index (χ2n) is 5.12. The number of hydrogen-bond donors (Lipinski definition) is 1. The first-order chi connectivity index (χ1) is 10.3. The van der Waals surface area contributed by atoms with E-state index in [1.54, 1.807) is 4.68 Å². The van der Waals surface area contributed by atoms with Crippen molar-refractivity contribution in [3.05, 3.63) is 54.0 Å². The van der Waals surface area contributed by atoms with Crippen LogP contribution in [0.2, 0.25) is 0 Å². The van der Waals surface area contributed by atoms with Crippen LogP contribution in [0.4, 0.5) is 0 Å². The van der Waals surface area contributed by atoms with Gasteiger partial charge in [0.25, 0.3) is 0 Å². The molecule has 0 fully saturated rings. The van der Waals surface area contributed by atoms with Crippen LogP contribution in [-0.2, 0) is 13.5 Å². The third-order valence-corrected chi connectivity index (χ3v) is 3.57. The molecule has 1 unspecified atom stereocenters. The lowest BCUT2D eigenvalue weighted by molar-refractivity contribution is 0.547.